The fourth-order valence-electron chi connectivity index (χ4n) is 8.26. The third-order valence-corrected chi connectivity index (χ3v) is 10.0. The molecule has 0 amide bonds. The van der Waals surface area contributed by atoms with Crippen LogP contribution in [-0.4, -0.2) is 14.1 Å². The van der Waals surface area contributed by atoms with Gasteiger partial charge in [0.15, 0.2) is 0 Å². The normalized spacial score (nSPS) is 12.8. The predicted molar refractivity (Wildman–Crippen MR) is 207 cm³/mol. The summed E-state index contributed by atoms with van der Waals surface area (Å²) in [6.45, 7) is 15.0. The lowest BCUT2D eigenvalue weighted by Crippen LogP contribution is -2.19. The largest absolute Gasteiger partial charge is 0.370 e. The summed E-state index contributed by atoms with van der Waals surface area (Å²) in [5.41, 5.74) is 23.2. The second kappa shape index (κ2) is 12.5. The monoisotopic (exact) mass is 626 g/mol. The molecule has 0 fully saturated rings. The van der Waals surface area contributed by atoms with Crippen LogP contribution in [0.5, 0.6) is 0 Å². The Morgan fingerprint density at radius 1 is 0.396 bits per heavy atom. The van der Waals surface area contributed by atoms with Crippen molar-refractivity contribution in [3.63, 3.8) is 0 Å². The van der Waals surface area contributed by atoms with Crippen molar-refractivity contribution in [3.8, 4) is 44.5 Å². The van der Waals surface area contributed by atoms with Gasteiger partial charge in [0.05, 0.1) is 0 Å². The smallest absolute Gasteiger partial charge is 0.0446 e. The summed E-state index contributed by atoms with van der Waals surface area (Å²) < 4.78 is 0. The number of aryl methyl sites for hydroxylation is 6. The van der Waals surface area contributed by atoms with E-state index in [-0.39, 0.29) is 0 Å². The van der Waals surface area contributed by atoms with Gasteiger partial charge in [-0.1, -0.05) is 71.8 Å². The fraction of sp³-hybridized carbons (Fsp3) is 0.217. The highest BCUT2D eigenvalue weighted by atomic mass is 15.1. The van der Waals surface area contributed by atoms with Gasteiger partial charge in [0.1, 0.15) is 0 Å². The molecule has 0 aromatic heterocycles. The van der Waals surface area contributed by atoms with Crippen molar-refractivity contribution < 1.29 is 0 Å². The van der Waals surface area contributed by atoms with E-state index in [0.717, 1.165) is 13.1 Å². The summed E-state index contributed by atoms with van der Waals surface area (Å²) in [5, 5.41) is 0. The van der Waals surface area contributed by atoms with E-state index in [1.54, 1.807) is 0 Å². The lowest BCUT2D eigenvalue weighted by Gasteiger charge is -2.27. The van der Waals surface area contributed by atoms with Gasteiger partial charge in [-0.2, -0.15) is 0 Å². The molecular formula is C46H46N2. The molecule has 2 heteroatoms. The number of fused-ring (bicyclic) bond motifs is 8. The highest BCUT2D eigenvalue weighted by Gasteiger charge is 2.19. The van der Waals surface area contributed by atoms with Crippen molar-refractivity contribution in [1.29, 1.82) is 0 Å². The van der Waals surface area contributed by atoms with Crippen LogP contribution < -0.4 is 9.80 Å². The summed E-state index contributed by atoms with van der Waals surface area (Å²) in [6, 6.07) is 41.5. The molecular weight excluding hydrogens is 581 g/mol. The number of rotatable bonds is 2. The van der Waals surface area contributed by atoms with Crippen LogP contribution in [0.1, 0.15) is 44.5 Å². The first-order valence-corrected chi connectivity index (χ1v) is 17.1. The number of hydrogen-bond donors (Lipinski definition) is 0. The van der Waals surface area contributed by atoms with Gasteiger partial charge in [-0.15, -0.1) is 0 Å². The molecule has 1 heterocycles. The maximum Gasteiger partial charge on any atom is 0.0446 e. The van der Waals surface area contributed by atoms with Crippen molar-refractivity contribution >= 4 is 11.4 Å². The minimum Gasteiger partial charge on any atom is -0.370 e. The number of anilines is 2. The van der Waals surface area contributed by atoms with E-state index in [1.807, 2.05) is 0 Å². The van der Waals surface area contributed by atoms with E-state index in [4.69, 9.17) is 0 Å². The molecule has 1 aliphatic heterocycles. The van der Waals surface area contributed by atoms with E-state index in [2.05, 4.69) is 175 Å². The SMILES string of the molecule is Cc1cc(C)c(-c2cc3cc(c2)-c2ccccc2N(C)Cc2cc(cc(-c4c(C)cc(C)cc4C)c2)-c2ccccc2N(C)C3)c(C)c1. The molecule has 0 spiro atoms. The lowest BCUT2D eigenvalue weighted by molar-refractivity contribution is 0.918. The zero-order chi connectivity index (χ0) is 33.7. The zero-order valence-corrected chi connectivity index (χ0v) is 29.7. The van der Waals surface area contributed by atoms with Crippen molar-refractivity contribution in [3.05, 3.63) is 154 Å². The average molecular weight is 627 g/mol. The van der Waals surface area contributed by atoms with Gasteiger partial charge in [-0.3, -0.25) is 0 Å². The second-order valence-corrected chi connectivity index (χ2v) is 14.1. The lowest BCUT2D eigenvalue weighted by atomic mass is 9.89. The minimum atomic E-state index is 0.794. The van der Waals surface area contributed by atoms with Crippen molar-refractivity contribution in [2.45, 2.75) is 54.6 Å². The molecule has 4 bridgehead atoms. The Hall–Kier alpha value is -5.08. The number of hydrogen-bond acceptors (Lipinski definition) is 2. The van der Waals surface area contributed by atoms with E-state index in [1.165, 1.54) is 100 Å². The topological polar surface area (TPSA) is 6.48 Å². The van der Waals surface area contributed by atoms with Crippen LogP contribution in [0.15, 0.2) is 109 Å². The van der Waals surface area contributed by atoms with Gasteiger partial charge in [0.2, 0.25) is 0 Å². The van der Waals surface area contributed by atoms with E-state index >= 15 is 0 Å². The van der Waals surface area contributed by atoms with E-state index in [9.17, 15) is 0 Å². The first kappa shape index (κ1) is 31.5. The summed E-state index contributed by atoms with van der Waals surface area (Å²) in [6.07, 6.45) is 0. The summed E-state index contributed by atoms with van der Waals surface area (Å²) >= 11 is 0. The first-order valence-electron chi connectivity index (χ1n) is 17.1. The number of nitrogens with zero attached hydrogens (tertiary/aromatic N) is 2. The molecule has 0 N–H and O–H groups in total. The molecule has 48 heavy (non-hydrogen) atoms. The molecule has 0 saturated carbocycles. The molecule has 0 saturated heterocycles. The van der Waals surface area contributed by atoms with Crippen LogP contribution in [0, 0.1) is 41.5 Å². The Bertz CT molecular complexity index is 1980. The Kier molecular flexibility index (Phi) is 8.21. The van der Waals surface area contributed by atoms with E-state index in [0.29, 0.717) is 0 Å². The molecule has 7 rings (SSSR count). The van der Waals surface area contributed by atoms with Crippen molar-refractivity contribution in [2.75, 3.05) is 23.9 Å². The minimum absolute atomic E-state index is 0.794. The van der Waals surface area contributed by atoms with Gasteiger partial charge < -0.3 is 9.80 Å². The quantitative estimate of drug-likeness (QED) is 0.189. The van der Waals surface area contributed by atoms with Crippen molar-refractivity contribution in [2.24, 2.45) is 0 Å². The number of para-hydroxylation sites is 2. The second-order valence-electron chi connectivity index (χ2n) is 14.1. The molecule has 0 radical (unpaired) electrons. The molecule has 0 unspecified atom stereocenters. The molecule has 0 aliphatic carbocycles. The number of benzene rings is 6. The van der Waals surface area contributed by atoms with Crippen LogP contribution in [0.4, 0.5) is 11.4 Å². The van der Waals surface area contributed by atoms with E-state index < -0.39 is 0 Å². The van der Waals surface area contributed by atoms with Gasteiger partial charge in [0, 0.05) is 49.7 Å². The highest BCUT2D eigenvalue weighted by Crippen LogP contribution is 2.40. The van der Waals surface area contributed by atoms with Crippen LogP contribution >= 0.6 is 0 Å². The molecule has 6 aromatic rings. The predicted octanol–water partition coefficient (Wildman–Crippen LogP) is 11.8. The third kappa shape index (κ3) is 5.92. The Balaban J connectivity index is 1.47. The van der Waals surface area contributed by atoms with Crippen LogP contribution in [0.25, 0.3) is 44.5 Å². The molecule has 240 valence electrons. The molecule has 2 nitrogen and oxygen atoms in total. The van der Waals surface area contributed by atoms with Crippen LogP contribution in [-0.2, 0) is 13.1 Å². The third-order valence-electron chi connectivity index (χ3n) is 10.0. The summed E-state index contributed by atoms with van der Waals surface area (Å²) in [5.74, 6) is 0. The van der Waals surface area contributed by atoms with Gasteiger partial charge in [-0.25, -0.2) is 0 Å². The maximum atomic E-state index is 2.42. The molecule has 0 atom stereocenters. The maximum absolute atomic E-state index is 2.42. The average Bonchev–Trinajstić information content (AvgIpc) is 3.03. The highest BCUT2D eigenvalue weighted by molar-refractivity contribution is 5.86. The Morgan fingerprint density at radius 2 is 0.729 bits per heavy atom. The summed E-state index contributed by atoms with van der Waals surface area (Å²) in [7, 11) is 4.47. The van der Waals surface area contributed by atoms with Gasteiger partial charge in [0.25, 0.3) is 0 Å². The standard InChI is InChI=1S/C46H46N2/c1-29-17-31(3)45(32(4)18-29)39-23-35-21-37(25-39)41-13-9-11-15-43(41)48(8)28-36-22-38(42-14-10-12-16-44(42)47(7)27-35)26-40(24-36)46-33(5)19-30(2)20-34(46)6/h9-26H,27-28H2,1-8H3. The Labute approximate surface area is 287 Å². The van der Waals surface area contributed by atoms with Gasteiger partial charge >= 0.3 is 0 Å². The molecule has 6 aromatic carbocycles. The van der Waals surface area contributed by atoms with Gasteiger partial charge in [-0.05, 0) is 157 Å². The van der Waals surface area contributed by atoms with Crippen molar-refractivity contribution in [1.82, 2.24) is 0 Å². The van der Waals surface area contributed by atoms with Crippen LogP contribution in [0.2, 0.25) is 0 Å². The Morgan fingerprint density at radius 3 is 1.10 bits per heavy atom. The first-order chi connectivity index (χ1) is 23.0. The summed E-state index contributed by atoms with van der Waals surface area (Å²) in [4.78, 5) is 4.84. The molecule has 1 aliphatic rings. The van der Waals surface area contributed by atoms with Crippen LogP contribution in [0.3, 0.4) is 0 Å². The zero-order valence-electron chi connectivity index (χ0n) is 29.7. The fourth-order valence-corrected chi connectivity index (χ4v) is 8.26.